The van der Waals surface area contributed by atoms with Gasteiger partial charge >= 0.3 is 0 Å². The molecular weight excluding hydrogens is 581 g/mol. The van der Waals surface area contributed by atoms with Crippen LogP contribution in [0, 0.1) is 0 Å². The highest BCUT2D eigenvalue weighted by Crippen LogP contribution is 2.34. The number of nitrogens with zero attached hydrogens (tertiary/aromatic N) is 2. The Kier molecular flexibility index (Phi) is 6.84. The maximum atomic E-state index is 2.36. The van der Waals surface area contributed by atoms with Gasteiger partial charge < -0.3 is 9.13 Å². The van der Waals surface area contributed by atoms with E-state index in [1.165, 1.54) is 76.9 Å². The lowest BCUT2D eigenvalue weighted by Crippen LogP contribution is -1.93. The molecular formula is C46H32N2. The van der Waals surface area contributed by atoms with Crippen LogP contribution in [-0.2, 0) is 0 Å². The molecule has 2 nitrogen and oxygen atoms in total. The van der Waals surface area contributed by atoms with Crippen molar-refractivity contribution in [2.45, 2.75) is 0 Å². The number of aromatic nitrogens is 2. The third-order valence-electron chi connectivity index (χ3n) is 9.40. The van der Waals surface area contributed by atoms with E-state index in [0.717, 1.165) is 0 Å². The lowest BCUT2D eigenvalue weighted by atomic mass is 9.98. The number of benzene rings is 8. The summed E-state index contributed by atoms with van der Waals surface area (Å²) in [6.45, 7) is 0. The van der Waals surface area contributed by atoms with Crippen molar-refractivity contribution in [3.63, 3.8) is 0 Å². The van der Waals surface area contributed by atoms with Gasteiger partial charge in [0.2, 0.25) is 0 Å². The van der Waals surface area contributed by atoms with Crippen LogP contribution in [0.15, 0.2) is 194 Å². The molecule has 0 aliphatic rings. The quantitative estimate of drug-likeness (QED) is 0.188. The molecule has 48 heavy (non-hydrogen) atoms. The summed E-state index contributed by atoms with van der Waals surface area (Å²) in [6, 6.07) is 69.0. The highest BCUT2D eigenvalue weighted by atomic mass is 15.0. The van der Waals surface area contributed by atoms with Crippen LogP contribution in [-0.4, -0.2) is 9.13 Å². The summed E-state index contributed by atoms with van der Waals surface area (Å²) in [4.78, 5) is 0. The normalized spacial score (nSPS) is 11.3. The Morgan fingerprint density at radius 3 is 1.12 bits per heavy atom. The van der Waals surface area contributed by atoms with Crippen molar-refractivity contribution in [1.82, 2.24) is 9.13 Å². The first-order chi connectivity index (χ1) is 23.8. The van der Waals surface area contributed by atoms with Gasteiger partial charge in [0.1, 0.15) is 0 Å². The molecule has 0 bridgehead atoms. The second kappa shape index (κ2) is 11.8. The third-order valence-corrected chi connectivity index (χ3v) is 9.40. The fourth-order valence-corrected chi connectivity index (χ4v) is 7.25. The molecule has 2 heteroatoms. The lowest BCUT2D eigenvalue weighted by molar-refractivity contribution is 1.18. The van der Waals surface area contributed by atoms with Crippen LogP contribution in [0.4, 0.5) is 0 Å². The zero-order valence-electron chi connectivity index (χ0n) is 26.4. The molecule has 10 rings (SSSR count). The third kappa shape index (κ3) is 4.66. The molecule has 2 aromatic heterocycles. The minimum Gasteiger partial charge on any atom is -0.309 e. The van der Waals surface area contributed by atoms with Crippen LogP contribution in [0.2, 0.25) is 0 Å². The molecule has 0 atom stereocenters. The van der Waals surface area contributed by atoms with Crippen molar-refractivity contribution in [1.29, 1.82) is 0 Å². The molecule has 0 saturated carbocycles. The average molecular weight is 613 g/mol. The Hall–Kier alpha value is -6.38. The Bertz CT molecular complexity index is 2600. The second-order valence-corrected chi connectivity index (χ2v) is 12.1. The van der Waals surface area contributed by atoms with Crippen molar-refractivity contribution >= 4 is 54.4 Å². The molecule has 226 valence electrons. The molecule has 0 fully saturated rings. The van der Waals surface area contributed by atoms with Gasteiger partial charge in [0, 0.05) is 32.9 Å². The Morgan fingerprint density at radius 1 is 0.250 bits per heavy atom. The van der Waals surface area contributed by atoms with Crippen molar-refractivity contribution in [2.75, 3.05) is 0 Å². The number of para-hydroxylation sites is 5. The highest BCUT2D eigenvalue weighted by Gasteiger charge is 2.12. The van der Waals surface area contributed by atoms with E-state index < -0.39 is 0 Å². The van der Waals surface area contributed by atoms with Crippen LogP contribution in [0.5, 0.6) is 0 Å². The zero-order chi connectivity index (χ0) is 31.9. The highest BCUT2D eigenvalue weighted by molar-refractivity contribution is 6.10. The molecule has 8 aromatic carbocycles. The van der Waals surface area contributed by atoms with E-state index in [9.17, 15) is 0 Å². The summed E-state index contributed by atoms with van der Waals surface area (Å²) in [5.74, 6) is 0. The van der Waals surface area contributed by atoms with Crippen LogP contribution < -0.4 is 0 Å². The largest absolute Gasteiger partial charge is 0.309 e. The summed E-state index contributed by atoms with van der Waals surface area (Å²) in [5.41, 5.74) is 9.91. The fraction of sp³-hybridized carbons (Fsp3) is 0. The Labute approximate surface area is 279 Å². The second-order valence-electron chi connectivity index (χ2n) is 12.1. The van der Waals surface area contributed by atoms with Gasteiger partial charge in [-0.15, -0.1) is 0 Å². The predicted molar refractivity (Wildman–Crippen MR) is 205 cm³/mol. The number of hydrogen-bond acceptors (Lipinski definition) is 0. The molecule has 0 radical (unpaired) electrons. The van der Waals surface area contributed by atoms with E-state index in [-0.39, 0.29) is 0 Å². The fourth-order valence-electron chi connectivity index (χ4n) is 7.25. The molecule has 0 saturated heterocycles. The Balaban J connectivity index is 0.000000143. The van der Waals surface area contributed by atoms with Crippen molar-refractivity contribution in [3.8, 4) is 22.5 Å². The van der Waals surface area contributed by atoms with Crippen molar-refractivity contribution in [2.24, 2.45) is 0 Å². The maximum absolute atomic E-state index is 2.36. The number of fused-ring (bicyclic) bond motifs is 7. The minimum absolute atomic E-state index is 1.19. The molecule has 0 spiro atoms. The SMILES string of the molecule is c1ccc(-n2c3ccccc3c3ccccc32)cc1.c1ccc2c(-c3ccc(-n4c5ccccc5c5ccccc54)cc3)cccc2c1. The van der Waals surface area contributed by atoms with Gasteiger partial charge in [0.05, 0.1) is 22.1 Å². The van der Waals surface area contributed by atoms with Gasteiger partial charge in [0.25, 0.3) is 0 Å². The summed E-state index contributed by atoms with van der Waals surface area (Å²) in [6.07, 6.45) is 0. The van der Waals surface area contributed by atoms with E-state index in [1.54, 1.807) is 0 Å². The van der Waals surface area contributed by atoms with Crippen molar-refractivity contribution in [3.05, 3.63) is 194 Å². The molecule has 2 heterocycles. The molecule has 10 aromatic rings. The van der Waals surface area contributed by atoms with Crippen molar-refractivity contribution < 1.29 is 0 Å². The molecule has 0 aliphatic heterocycles. The standard InChI is InChI=1S/C28H19N.C18H13N/c1-2-10-23-20(8-1)9-7-13-24(23)21-16-18-22(19-17-21)29-27-14-5-3-11-25(27)26-12-4-6-15-28(26)29;1-2-8-14(9-3-1)19-17-12-6-4-10-15(17)16-11-5-7-13-18(16)19/h1-19H;1-13H. The summed E-state index contributed by atoms with van der Waals surface area (Å²) in [7, 11) is 0. The van der Waals surface area contributed by atoms with Crippen LogP contribution in [0.3, 0.4) is 0 Å². The molecule has 0 N–H and O–H groups in total. The number of hydrogen-bond donors (Lipinski definition) is 0. The summed E-state index contributed by atoms with van der Waals surface area (Å²) < 4.78 is 4.68. The van der Waals surface area contributed by atoms with Crippen LogP contribution in [0.1, 0.15) is 0 Å². The lowest BCUT2D eigenvalue weighted by Gasteiger charge is -2.11. The van der Waals surface area contributed by atoms with Crippen LogP contribution in [0.25, 0.3) is 76.9 Å². The van der Waals surface area contributed by atoms with Gasteiger partial charge in [-0.05, 0) is 70.4 Å². The molecule has 0 unspecified atom stereocenters. The summed E-state index contributed by atoms with van der Waals surface area (Å²) >= 11 is 0. The average Bonchev–Trinajstić information content (AvgIpc) is 3.69. The van der Waals surface area contributed by atoms with Gasteiger partial charge in [0.15, 0.2) is 0 Å². The monoisotopic (exact) mass is 612 g/mol. The minimum atomic E-state index is 1.19. The zero-order valence-corrected chi connectivity index (χ0v) is 26.4. The van der Waals surface area contributed by atoms with Gasteiger partial charge in [-0.25, -0.2) is 0 Å². The first-order valence-corrected chi connectivity index (χ1v) is 16.5. The first-order valence-electron chi connectivity index (χ1n) is 16.5. The Morgan fingerprint density at radius 2 is 0.625 bits per heavy atom. The smallest absolute Gasteiger partial charge is 0.0541 e. The summed E-state index contributed by atoms with van der Waals surface area (Å²) in [5, 5.41) is 7.77. The van der Waals surface area contributed by atoms with Gasteiger partial charge in [-0.1, -0.05) is 146 Å². The number of rotatable bonds is 3. The van der Waals surface area contributed by atoms with Gasteiger partial charge in [-0.3, -0.25) is 0 Å². The van der Waals surface area contributed by atoms with E-state index in [2.05, 4.69) is 203 Å². The molecule has 0 aliphatic carbocycles. The predicted octanol–water partition coefficient (Wildman–Crippen LogP) is 12.4. The maximum Gasteiger partial charge on any atom is 0.0541 e. The topological polar surface area (TPSA) is 9.86 Å². The van der Waals surface area contributed by atoms with Crippen LogP contribution >= 0.6 is 0 Å². The van der Waals surface area contributed by atoms with E-state index in [4.69, 9.17) is 0 Å². The van der Waals surface area contributed by atoms with Gasteiger partial charge in [-0.2, -0.15) is 0 Å². The molecule has 0 amide bonds. The first kappa shape index (κ1) is 27.9. The van der Waals surface area contributed by atoms with E-state index in [0.29, 0.717) is 0 Å². The van der Waals surface area contributed by atoms with E-state index in [1.807, 2.05) is 0 Å². The van der Waals surface area contributed by atoms with E-state index >= 15 is 0 Å².